The number of ketones is 1. The molecule has 4 rings (SSSR count). The Labute approximate surface area is 169 Å². The van der Waals surface area contributed by atoms with Crippen LogP contribution >= 0.6 is 0 Å². The first-order chi connectivity index (χ1) is 14.0. The fourth-order valence-corrected chi connectivity index (χ4v) is 4.31. The molecular formula is C22H24N2O5. The number of carbonyl (C=O) groups excluding carboxylic acids is 1. The number of nitro benzene ring substituents is 1. The number of hydrogen-bond acceptors (Lipinski definition) is 6. The summed E-state index contributed by atoms with van der Waals surface area (Å²) < 4.78 is 11.4. The summed E-state index contributed by atoms with van der Waals surface area (Å²) in [5.74, 6) is 1.33. The minimum Gasteiger partial charge on any atom is -0.486 e. The molecule has 29 heavy (non-hydrogen) atoms. The molecule has 0 spiro atoms. The maximum Gasteiger partial charge on any atom is 0.293 e. The number of fused-ring (bicyclic) bond motifs is 1. The lowest BCUT2D eigenvalue weighted by atomic mass is 9.78. The van der Waals surface area contributed by atoms with Crippen molar-refractivity contribution in [3.63, 3.8) is 0 Å². The number of carbonyl (C=O) groups is 1. The molecule has 0 atom stereocenters. The lowest BCUT2D eigenvalue weighted by Crippen LogP contribution is -2.32. The van der Waals surface area contributed by atoms with E-state index in [0.717, 1.165) is 42.7 Å². The predicted octanol–water partition coefficient (Wildman–Crippen LogP) is 4.49. The van der Waals surface area contributed by atoms with E-state index in [1.54, 1.807) is 12.1 Å². The molecule has 2 aliphatic rings. The molecule has 1 heterocycles. The van der Waals surface area contributed by atoms with Crippen LogP contribution < -0.4 is 14.8 Å². The van der Waals surface area contributed by atoms with Crippen LogP contribution in [0.15, 0.2) is 36.4 Å². The third kappa shape index (κ3) is 3.77. The van der Waals surface area contributed by atoms with Gasteiger partial charge < -0.3 is 14.8 Å². The first kappa shape index (κ1) is 19.2. The van der Waals surface area contributed by atoms with E-state index in [2.05, 4.69) is 17.4 Å². The number of Topliss-reactive ketones (excluding diaryl/α,β-unsaturated/α-hetero) is 1. The van der Waals surface area contributed by atoms with Crippen LogP contribution in [0.5, 0.6) is 11.5 Å². The molecule has 152 valence electrons. The van der Waals surface area contributed by atoms with E-state index in [-0.39, 0.29) is 16.9 Å². The second-order valence-corrected chi connectivity index (χ2v) is 7.74. The highest BCUT2D eigenvalue weighted by molar-refractivity contribution is 5.95. The Morgan fingerprint density at radius 3 is 2.52 bits per heavy atom. The van der Waals surface area contributed by atoms with Gasteiger partial charge in [0.25, 0.3) is 5.69 Å². The van der Waals surface area contributed by atoms with E-state index in [0.29, 0.717) is 31.0 Å². The predicted molar refractivity (Wildman–Crippen MR) is 109 cm³/mol. The molecule has 0 radical (unpaired) electrons. The Balaban J connectivity index is 1.61. The van der Waals surface area contributed by atoms with Crippen LogP contribution in [-0.4, -0.2) is 30.5 Å². The van der Waals surface area contributed by atoms with E-state index in [9.17, 15) is 14.9 Å². The first-order valence-corrected chi connectivity index (χ1v) is 9.92. The maximum atomic E-state index is 11.6. The SMILES string of the molecule is CC(=O)c1ccc(NCC2(c3ccc4c(c3)OCCO4)CCCC2)c([N+](=O)[O-])c1. The lowest BCUT2D eigenvalue weighted by molar-refractivity contribution is -0.384. The van der Waals surface area contributed by atoms with Gasteiger partial charge in [0, 0.05) is 23.6 Å². The molecule has 0 unspecified atom stereocenters. The van der Waals surface area contributed by atoms with Gasteiger partial charge in [-0.1, -0.05) is 18.9 Å². The largest absolute Gasteiger partial charge is 0.486 e. The minimum atomic E-state index is -0.444. The van der Waals surface area contributed by atoms with E-state index in [4.69, 9.17) is 9.47 Å². The Morgan fingerprint density at radius 2 is 1.83 bits per heavy atom. The lowest BCUT2D eigenvalue weighted by Gasteiger charge is -2.31. The van der Waals surface area contributed by atoms with Crippen molar-refractivity contribution in [2.45, 2.75) is 38.0 Å². The van der Waals surface area contributed by atoms with Crippen molar-refractivity contribution >= 4 is 17.2 Å². The number of benzene rings is 2. The van der Waals surface area contributed by atoms with Crippen molar-refractivity contribution in [3.05, 3.63) is 57.6 Å². The second kappa shape index (κ2) is 7.73. The molecule has 0 bridgehead atoms. The third-order valence-corrected chi connectivity index (χ3v) is 5.93. The molecule has 1 N–H and O–H groups in total. The zero-order valence-corrected chi connectivity index (χ0v) is 16.4. The van der Waals surface area contributed by atoms with Crippen molar-refractivity contribution in [1.82, 2.24) is 0 Å². The van der Waals surface area contributed by atoms with Gasteiger partial charge in [0.05, 0.1) is 4.92 Å². The van der Waals surface area contributed by atoms with E-state index in [1.807, 2.05) is 6.07 Å². The van der Waals surface area contributed by atoms with Crippen molar-refractivity contribution < 1.29 is 19.2 Å². The highest BCUT2D eigenvalue weighted by Gasteiger charge is 2.37. The molecule has 1 aliphatic heterocycles. The van der Waals surface area contributed by atoms with Crippen molar-refractivity contribution in [3.8, 4) is 11.5 Å². The molecule has 0 amide bonds. The van der Waals surface area contributed by atoms with Crippen LogP contribution in [0, 0.1) is 10.1 Å². The quantitative estimate of drug-likeness (QED) is 0.439. The zero-order valence-electron chi connectivity index (χ0n) is 16.4. The molecule has 2 aromatic carbocycles. The number of nitro groups is 1. The van der Waals surface area contributed by atoms with Gasteiger partial charge in [-0.15, -0.1) is 0 Å². The average molecular weight is 396 g/mol. The first-order valence-electron chi connectivity index (χ1n) is 9.92. The summed E-state index contributed by atoms with van der Waals surface area (Å²) in [6, 6.07) is 10.7. The van der Waals surface area contributed by atoms with Crippen LogP contribution in [0.3, 0.4) is 0 Å². The molecule has 0 aromatic heterocycles. The highest BCUT2D eigenvalue weighted by atomic mass is 16.6. The number of nitrogens with one attached hydrogen (secondary N) is 1. The third-order valence-electron chi connectivity index (χ3n) is 5.93. The fraction of sp³-hybridized carbons (Fsp3) is 0.409. The molecule has 2 aromatic rings. The Morgan fingerprint density at radius 1 is 1.10 bits per heavy atom. The molecule has 1 saturated carbocycles. The fourth-order valence-electron chi connectivity index (χ4n) is 4.31. The van der Waals surface area contributed by atoms with E-state index < -0.39 is 4.92 Å². The number of nitrogens with zero attached hydrogens (tertiary/aromatic N) is 1. The van der Waals surface area contributed by atoms with Crippen molar-refractivity contribution in [1.29, 1.82) is 0 Å². The molecule has 7 nitrogen and oxygen atoms in total. The monoisotopic (exact) mass is 396 g/mol. The Kier molecular flexibility index (Phi) is 5.13. The summed E-state index contributed by atoms with van der Waals surface area (Å²) in [5, 5.41) is 14.8. The van der Waals surface area contributed by atoms with Crippen LogP contribution in [0.25, 0.3) is 0 Å². The van der Waals surface area contributed by atoms with Gasteiger partial charge >= 0.3 is 0 Å². The van der Waals surface area contributed by atoms with Gasteiger partial charge in [-0.2, -0.15) is 0 Å². The van der Waals surface area contributed by atoms with Gasteiger partial charge in [-0.05, 0) is 49.6 Å². The smallest absolute Gasteiger partial charge is 0.293 e. The van der Waals surface area contributed by atoms with Gasteiger partial charge in [-0.3, -0.25) is 14.9 Å². The molecule has 1 aliphatic carbocycles. The van der Waals surface area contributed by atoms with E-state index >= 15 is 0 Å². The number of hydrogen-bond donors (Lipinski definition) is 1. The second-order valence-electron chi connectivity index (χ2n) is 7.74. The number of ether oxygens (including phenoxy) is 2. The maximum absolute atomic E-state index is 11.6. The van der Waals surface area contributed by atoms with Crippen LogP contribution in [0.4, 0.5) is 11.4 Å². The normalized spacial score (nSPS) is 17.0. The summed E-state index contributed by atoms with van der Waals surface area (Å²) >= 11 is 0. The van der Waals surface area contributed by atoms with E-state index in [1.165, 1.54) is 13.0 Å². The molecule has 1 fully saturated rings. The van der Waals surface area contributed by atoms with Crippen LogP contribution in [0.1, 0.15) is 48.5 Å². The number of rotatable bonds is 6. The zero-order chi connectivity index (χ0) is 20.4. The number of anilines is 1. The highest BCUT2D eigenvalue weighted by Crippen LogP contribution is 2.44. The molecule has 0 saturated heterocycles. The van der Waals surface area contributed by atoms with Gasteiger partial charge in [0.15, 0.2) is 17.3 Å². The Hall–Kier alpha value is -3.09. The average Bonchev–Trinajstić information content (AvgIpc) is 3.22. The standard InChI is InChI=1S/C22H24N2O5/c1-15(25)16-4-6-18(19(12-16)24(26)27)23-14-22(8-2-3-9-22)17-5-7-20-21(13-17)29-11-10-28-20/h4-7,12-13,23H,2-3,8-11,14H2,1H3. The summed E-state index contributed by atoms with van der Waals surface area (Å²) in [4.78, 5) is 22.7. The topological polar surface area (TPSA) is 90.7 Å². The minimum absolute atomic E-state index is 0.0759. The summed E-state index contributed by atoms with van der Waals surface area (Å²) in [6.45, 7) is 3.07. The summed E-state index contributed by atoms with van der Waals surface area (Å²) in [5.41, 5.74) is 1.74. The van der Waals surface area contributed by atoms with Gasteiger partial charge in [0.1, 0.15) is 18.9 Å². The van der Waals surface area contributed by atoms with Crippen LogP contribution in [-0.2, 0) is 5.41 Å². The van der Waals surface area contributed by atoms with Gasteiger partial charge in [-0.25, -0.2) is 0 Å². The Bertz CT molecular complexity index is 950. The van der Waals surface area contributed by atoms with Crippen LogP contribution in [0.2, 0.25) is 0 Å². The summed E-state index contributed by atoms with van der Waals surface area (Å²) in [6.07, 6.45) is 4.22. The van der Waals surface area contributed by atoms with Crippen molar-refractivity contribution in [2.75, 3.05) is 25.1 Å². The molecule has 7 heteroatoms. The molecular weight excluding hydrogens is 372 g/mol. The van der Waals surface area contributed by atoms with Gasteiger partial charge in [0.2, 0.25) is 0 Å². The summed E-state index contributed by atoms with van der Waals surface area (Å²) in [7, 11) is 0. The van der Waals surface area contributed by atoms with Crippen molar-refractivity contribution in [2.24, 2.45) is 0 Å².